The molecule has 0 aliphatic carbocycles. The van der Waals surface area contributed by atoms with Gasteiger partial charge in [-0.2, -0.15) is 0 Å². The van der Waals surface area contributed by atoms with Gasteiger partial charge in [-0.15, -0.1) is 10.2 Å². The molecule has 0 N–H and O–H groups in total. The molecule has 1 aliphatic rings. The zero-order chi connectivity index (χ0) is 13.2. The van der Waals surface area contributed by atoms with E-state index in [0.717, 1.165) is 12.0 Å². The first-order valence-electron chi connectivity index (χ1n) is 6.37. The van der Waals surface area contributed by atoms with Gasteiger partial charge in [-0.3, -0.25) is 4.79 Å². The molecule has 5 heteroatoms. The molecular weight excluding hydrogens is 242 g/mol. The highest BCUT2D eigenvalue weighted by Crippen LogP contribution is 2.33. The van der Waals surface area contributed by atoms with Gasteiger partial charge in [0.15, 0.2) is 0 Å². The Balaban J connectivity index is 1.83. The number of hydrogen-bond acceptors (Lipinski definition) is 4. The molecule has 1 amide bonds. The number of likely N-dealkylation sites (tertiary alicyclic amines) is 1. The van der Waals surface area contributed by atoms with Crippen LogP contribution in [-0.2, 0) is 11.3 Å². The Morgan fingerprint density at radius 2 is 2.11 bits per heavy atom. The van der Waals surface area contributed by atoms with Crippen LogP contribution < -0.4 is 0 Å². The average Bonchev–Trinajstić information content (AvgIpc) is 2.99. The molecule has 1 fully saturated rings. The standard InChI is InChI=1S/C14H15N3O2/c1-10-15-16-14(19-10)12-7-8-13(18)17(12)9-11-5-3-2-4-6-11/h2-6,12H,7-9H2,1H3. The van der Waals surface area contributed by atoms with Gasteiger partial charge in [0.05, 0.1) is 0 Å². The Hall–Kier alpha value is -2.17. The lowest BCUT2D eigenvalue weighted by Gasteiger charge is -2.22. The summed E-state index contributed by atoms with van der Waals surface area (Å²) in [5.74, 6) is 1.22. The van der Waals surface area contributed by atoms with Crippen LogP contribution in [0.4, 0.5) is 0 Å². The second kappa shape index (κ2) is 4.84. The molecule has 1 aliphatic heterocycles. The second-order valence-electron chi connectivity index (χ2n) is 4.72. The van der Waals surface area contributed by atoms with Crippen LogP contribution in [0.15, 0.2) is 34.7 Å². The van der Waals surface area contributed by atoms with Gasteiger partial charge in [0, 0.05) is 19.9 Å². The van der Waals surface area contributed by atoms with Crippen LogP contribution in [0.3, 0.4) is 0 Å². The third-order valence-electron chi connectivity index (χ3n) is 3.35. The van der Waals surface area contributed by atoms with Gasteiger partial charge in [-0.1, -0.05) is 30.3 Å². The normalized spacial score (nSPS) is 19.1. The Morgan fingerprint density at radius 3 is 2.79 bits per heavy atom. The minimum absolute atomic E-state index is 0.0890. The van der Waals surface area contributed by atoms with Gasteiger partial charge in [0.2, 0.25) is 17.7 Å². The number of carbonyl (C=O) groups is 1. The molecule has 19 heavy (non-hydrogen) atoms. The molecule has 1 atom stereocenters. The predicted molar refractivity (Wildman–Crippen MR) is 68.0 cm³/mol. The Morgan fingerprint density at radius 1 is 1.32 bits per heavy atom. The van der Waals surface area contributed by atoms with Crippen molar-refractivity contribution in [1.29, 1.82) is 0 Å². The molecule has 2 aromatic rings. The van der Waals surface area contributed by atoms with Crippen molar-refractivity contribution in [1.82, 2.24) is 15.1 Å². The Labute approximate surface area is 111 Å². The molecule has 2 heterocycles. The number of carbonyl (C=O) groups excluding carboxylic acids is 1. The molecule has 1 aromatic carbocycles. The summed E-state index contributed by atoms with van der Waals surface area (Å²) in [5.41, 5.74) is 1.11. The minimum atomic E-state index is -0.0890. The third kappa shape index (κ3) is 2.36. The highest BCUT2D eigenvalue weighted by Gasteiger charge is 2.35. The molecule has 1 saturated heterocycles. The van der Waals surface area contributed by atoms with E-state index in [1.807, 2.05) is 35.2 Å². The predicted octanol–water partition coefficient (Wildman–Crippen LogP) is 2.24. The number of rotatable bonds is 3. The molecular formula is C14H15N3O2. The van der Waals surface area contributed by atoms with Crippen LogP contribution in [0.25, 0.3) is 0 Å². The summed E-state index contributed by atoms with van der Waals surface area (Å²) in [4.78, 5) is 13.8. The lowest BCUT2D eigenvalue weighted by atomic mass is 10.2. The molecule has 98 valence electrons. The maximum atomic E-state index is 12.0. The van der Waals surface area contributed by atoms with E-state index < -0.39 is 0 Å². The molecule has 0 saturated carbocycles. The van der Waals surface area contributed by atoms with Crippen molar-refractivity contribution in [2.45, 2.75) is 32.4 Å². The second-order valence-corrected chi connectivity index (χ2v) is 4.72. The summed E-state index contributed by atoms with van der Waals surface area (Å²) < 4.78 is 5.47. The van der Waals surface area contributed by atoms with Crippen molar-refractivity contribution in [2.24, 2.45) is 0 Å². The van der Waals surface area contributed by atoms with E-state index in [9.17, 15) is 4.79 Å². The van der Waals surface area contributed by atoms with Gasteiger partial charge < -0.3 is 9.32 Å². The Bertz CT molecular complexity index is 579. The maximum Gasteiger partial charge on any atom is 0.238 e. The quantitative estimate of drug-likeness (QED) is 0.846. The number of aromatic nitrogens is 2. The lowest BCUT2D eigenvalue weighted by molar-refractivity contribution is -0.129. The molecule has 1 unspecified atom stereocenters. The first-order valence-corrected chi connectivity index (χ1v) is 6.37. The number of nitrogens with zero attached hydrogens (tertiary/aromatic N) is 3. The van der Waals surface area contributed by atoms with E-state index in [-0.39, 0.29) is 11.9 Å². The van der Waals surface area contributed by atoms with Gasteiger partial charge in [0.1, 0.15) is 6.04 Å². The fraction of sp³-hybridized carbons (Fsp3) is 0.357. The number of aryl methyl sites for hydroxylation is 1. The zero-order valence-corrected chi connectivity index (χ0v) is 10.7. The molecule has 0 spiro atoms. The first kappa shape index (κ1) is 11.9. The van der Waals surface area contributed by atoms with Crippen LogP contribution in [0, 0.1) is 6.92 Å². The molecule has 0 radical (unpaired) electrons. The highest BCUT2D eigenvalue weighted by atomic mass is 16.4. The van der Waals surface area contributed by atoms with Crippen LogP contribution in [0.1, 0.15) is 36.2 Å². The van der Waals surface area contributed by atoms with Crippen molar-refractivity contribution in [3.8, 4) is 0 Å². The van der Waals surface area contributed by atoms with E-state index in [1.54, 1.807) is 6.92 Å². The monoisotopic (exact) mass is 257 g/mol. The first-order chi connectivity index (χ1) is 9.24. The van der Waals surface area contributed by atoms with E-state index in [4.69, 9.17) is 4.42 Å². The topological polar surface area (TPSA) is 59.2 Å². The fourth-order valence-corrected chi connectivity index (χ4v) is 2.42. The van der Waals surface area contributed by atoms with Crippen LogP contribution >= 0.6 is 0 Å². The Kier molecular flexibility index (Phi) is 3.03. The average molecular weight is 257 g/mol. The van der Waals surface area contributed by atoms with Crippen LogP contribution in [0.5, 0.6) is 0 Å². The molecule has 3 rings (SSSR count). The minimum Gasteiger partial charge on any atom is -0.423 e. The lowest BCUT2D eigenvalue weighted by Crippen LogP contribution is -2.27. The summed E-state index contributed by atoms with van der Waals surface area (Å²) in [5, 5.41) is 7.89. The van der Waals surface area contributed by atoms with Crippen molar-refractivity contribution in [3.05, 3.63) is 47.7 Å². The van der Waals surface area contributed by atoms with E-state index in [1.165, 1.54) is 0 Å². The number of hydrogen-bond donors (Lipinski definition) is 0. The largest absolute Gasteiger partial charge is 0.423 e. The van der Waals surface area contributed by atoms with E-state index in [0.29, 0.717) is 24.7 Å². The summed E-state index contributed by atoms with van der Waals surface area (Å²) in [6, 6.07) is 9.86. The number of benzene rings is 1. The van der Waals surface area contributed by atoms with Gasteiger partial charge in [-0.25, -0.2) is 0 Å². The van der Waals surface area contributed by atoms with Crippen molar-refractivity contribution in [3.63, 3.8) is 0 Å². The van der Waals surface area contributed by atoms with Gasteiger partial charge in [-0.05, 0) is 12.0 Å². The zero-order valence-electron chi connectivity index (χ0n) is 10.7. The number of amides is 1. The highest BCUT2D eigenvalue weighted by molar-refractivity contribution is 5.78. The fourth-order valence-electron chi connectivity index (χ4n) is 2.42. The maximum absolute atomic E-state index is 12.0. The van der Waals surface area contributed by atoms with Crippen molar-refractivity contribution >= 4 is 5.91 Å². The van der Waals surface area contributed by atoms with Gasteiger partial charge in [0.25, 0.3) is 0 Å². The van der Waals surface area contributed by atoms with Crippen LogP contribution in [-0.4, -0.2) is 21.0 Å². The summed E-state index contributed by atoms with van der Waals surface area (Å²) in [7, 11) is 0. The van der Waals surface area contributed by atoms with E-state index >= 15 is 0 Å². The SMILES string of the molecule is Cc1nnc(C2CCC(=O)N2Cc2ccccc2)o1. The third-order valence-corrected chi connectivity index (χ3v) is 3.35. The van der Waals surface area contributed by atoms with Crippen molar-refractivity contribution < 1.29 is 9.21 Å². The van der Waals surface area contributed by atoms with Crippen molar-refractivity contribution in [2.75, 3.05) is 0 Å². The molecule has 5 nitrogen and oxygen atoms in total. The molecule has 0 bridgehead atoms. The summed E-state index contributed by atoms with van der Waals surface area (Å²) in [6.45, 7) is 2.35. The van der Waals surface area contributed by atoms with E-state index in [2.05, 4.69) is 10.2 Å². The van der Waals surface area contributed by atoms with Gasteiger partial charge >= 0.3 is 0 Å². The summed E-state index contributed by atoms with van der Waals surface area (Å²) in [6.07, 6.45) is 1.28. The smallest absolute Gasteiger partial charge is 0.238 e. The van der Waals surface area contributed by atoms with Crippen LogP contribution in [0.2, 0.25) is 0 Å². The summed E-state index contributed by atoms with van der Waals surface area (Å²) >= 11 is 0. The molecule has 1 aromatic heterocycles.